The van der Waals surface area contributed by atoms with Gasteiger partial charge in [-0.15, -0.1) is 0 Å². The third-order valence-electron chi connectivity index (χ3n) is 4.27. The quantitative estimate of drug-likeness (QED) is 0.768. The second kappa shape index (κ2) is 7.38. The first kappa shape index (κ1) is 15.0. The minimum Gasteiger partial charge on any atom is -0.314 e. The summed E-state index contributed by atoms with van der Waals surface area (Å²) in [6.07, 6.45) is 4.04. The molecule has 4 unspecified atom stereocenters. The van der Waals surface area contributed by atoms with Crippen molar-refractivity contribution >= 4 is 0 Å². The fourth-order valence-corrected chi connectivity index (χ4v) is 3.55. The van der Waals surface area contributed by atoms with Crippen LogP contribution in [0.3, 0.4) is 0 Å². The maximum Gasteiger partial charge on any atom is 0.0112 e. The summed E-state index contributed by atoms with van der Waals surface area (Å²) in [5.41, 5.74) is 0. The Hall–Kier alpha value is -0.0800. The van der Waals surface area contributed by atoms with E-state index in [0.717, 1.165) is 30.3 Å². The molecule has 1 rings (SSSR count). The van der Waals surface area contributed by atoms with Crippen LogP contribution in [0.25, 0.3) is 0 Å². The van der Waals surface area contributed by atoms with Crippen molar-refractivity contribution in [3.05, 3.63) is 0 Å². The lowest BCUT2D eigenvalue weighted by Crippen LogP contribution is -2.48. The summed E-state index contributed by atoms with van der Waals surface area (Å²) in [4.78, 5) is 2.52. The third kappa shape index (κ3) is 4.59. The number of nitrogens with zero attached hydrogens (tertiary/aromatic N) is 1. The van der Waals surface area contributed by atoms with Crippen molar-refractivity contribution in [3.8, 4) is 0 Å². The van der Waals surface area contributed by atoms with Gasteiger partial charge in [-0.2, -0.15) is 0 Å². The molecular formula is C15H32N2. The second-order valence-electron chi connectivity index (χ2n) is 6.14. The molecule has 1 saturated carbocycles. The number of nitrogens with one attached hydrogen (secondary N) is 1. The summed E-state index contributed by atoms with van der Waals surface area (Å²) in [5.74, 6) is 2.59. The second-order valence-corrected chi connectivity index (χ2v) is 6.14. The van der Waals surface area contributed by atoms with Gasteiger partial charge in [0, 0.05) is 12.6 Å². The van der Waals surface area contributed by atoms with Gasteiger partial charge in [0.25, 0.3) is 0 Å². The largest absolute Gasteiger partial charge is 0.314 e. The molecule has 102 valence electrons. The highest BCUT2D eigenvalue weighted by Gasteiger charge is 2.33. The fourth-order valence-electron chi connectivity index (χ4n) is 3.55. The van der Waals surface area contributed by atoms with Crippen LogP contribution in [0.5, 0.6) is 0 Å². The Morgan fingerprint density at radius 2 is 1.88 bits per heavy atom. The average Bonchev–Trinajstić information content (AvgIpc) is 2.24. The highest BCUT2D eigenvalue weighted by molar-refractivity contribution is 4.88. The minimum atomic E-state index is 0.734. The van der Waals surface area contributed by atoms with Crippen LogP contribution in [-0.4, -0.2) is 37.6 Å². The SMILES string of the molecule is CCCN(C)CC1C(C)CC(C)CC1NCC. The fraction of sp³-hybridized carbons (Fsp3) is 1.00. The Morgan fingerprint density at radius 3 is 2.47 bits per heavy atom. The van der Waals surface area contributed by atoms with Crippen molar-refractivity contribution in [2.75, 3.05) is 26.7 Å². The van der Waals surface area contributed by atoms with E-state index >= 15 is 0 Å². The van der Waals surface area contributed by atoms with Crippen LogP contribution in [0.4, 0.5) is 0 Å². The van der Waals surface area contributed by atoms with Crippen molar-refractivity contribution in [2.24, 2.45) is 17.8 Å². The van der Waals surface area contributed by atoms with Crippen molar-refractivity contribution in [1.82, 2.24) is 10.2 Å². The summed E-state index contributed by atoms with van der Waals surface area (Å²) < 4.78 is 0. The van der Waals surface area contributed by atoms with Gasteiger partial charge < -0.3 is 10.2 Å². The zero-order valence-corrected chi connectivity index (χ0v) is 12.5. The molecule has 1 aliphatic carbocycles. The number of hydrogen-bond donors (Lipinski definition) is 1. The predicted molar refractivity (Wildman–Crippen MR) is 76.3 cm³/mol. The zero-order chi connectivity index (χ0) is 12.8. The van der Waals surface area contributed by atoms with E-state index in [2.05, 4.69) is 45.0 Å². The third-order valence-corrected chi connectivity index (χ3v) is 4.27. The summed E-state index contributed by atoms with van der Waals surface area (Å²) in [5, 5.41) is 3.72. The molecule has 17 heavy (non-hydrogen) atoms. The van der Waals surface area contributed by atoms with Gasteiger partial charge in [-0.25, -0.2) is 0 Å². The summed E-state index contributed by atoms with van der Waals surface area (Å²) >= 11 is 0. The van der Waals surface area contributed by atoms with E-state index in [9.17, 15) is 0 Å². The van der Waals surface area contributed by atoms with Gasteiger partial charge in [0.15, 0.2) is 0 Å². The van der Waals surface area contributed by atoms with E-state index in [0.29, 0.717) is 0 Å². The van der Waals surface area contributed by atoms with Crippen LogP contribution >= 0.6 is 0 Å². The summed E-state index contributed by atoms with van der Waals surface area (Å²) in [6.45, 7) is 13.0. The molecule has 0 heterocycles. The van der Waals surface area contributed by atoms with Crippen LogP contribution in [0, 0.1) is 17.8 Å². The first-order valence-corrected chi connectivity index (χ1v) is 7.50. The molecular weight excluding hydrogens is 208 g/mol. The molecule has 0 aromatic heterocycles. The smallest absolute Gasteiger partial charge is 0.0112 e. The molecule has 0 spiro atoms. The van der Waals surface area contributed by atoms with Gasteiger partial charge in [0.2, 0.25) is 0 Å². The predicted octanol–water partition coefficient (Wildman–Crippen LogP) is 2.99. The van der Waals surface area contributed by atoms with Gasteiger partial charge >= 0.3 is 0 Å². The Balaban J connectivity index is 2.56. The maximum absolute atomic E-state index is 3.72. The first-order valence-electron chi connectivity index (χ1n) is 7.50. The number of rotatable bonds is 6. The Morgan fingerprint density at radius 1 is 1.18 bits per heavy atom. The standard InChI is InChI=1S/C15H32N2/c1-6-8-17(5)11-14-13(4)9-12(3)10-15(14)16-7-2/h12-16H,6-11H2,1-5H3. The monoisotopic (exact) mass is 240 g/mol. The van der Waals surface area contributed by atoms with E-state index in [1.165, 1.54) is 32.4 Å². The maximum atomic E-state index is 3.72. The molecule has 0 aliphatic heterocycles. The normalized spacial score (nSPS) is 34.2. The highest BCUT2D eigenvalue weighted by Crippen LogP contribution is 2.34. The lowest BCUT2D eigenvalue weighted by molar-refractivity contribution is 0.112. The molecule has 4 atom stereocenters. The van der Waals surface area contributed by atoms with E-state index in [1.54, 1.807) is 0 Å². The molecule has 0 aromatic carbocycles. The Bertz CT molecular complexity index is 205. The minimum absolute atomic E-state index is 0.734. The van der Waals surface area contributed by atoms with Crippen molar-refractivity contribution in [3.63, 3.8) is 0 Å². The molecule has 1 fully saturated rings. The van der Waals surface area contributed by atoms with Crippen LogP contribution in [0.2, 0.25) is 0 Å². The summed E-state index contributed by atoms with van der Waals surface area (Å²) in [7, 11) is 2.28. The Labute approximate surface area is 108 Å². The topological polar surface area (TPSA) is 15.3 Å². The molecule has 0 amide bonds. The lowest BCUT2D eigenvalue weighted by atomic mass is 9.72. The van der Waals surface area contributed by atoms with Crippen molar-refractivity contribution in [1.29, 1.82) is 0 Å². The summed E-state index contributed by atoms with van der Waals surface area (Å²) in [6, 6.07) is 0.734. The van der Waals surface area contributed by atoms with Gasteiger partial charge in [-0.3, -0.25) is 0 Å². The lowest BCUT2D eigenvalue weighted by Gasteiger charge is -2.41. The van der Waals surface area contributed by atoms with Crippen LogP contribution < -0.4 is 5.32 Å². The molecule has 0 radical (unpaired) electrons. The van der Waals surface area contributed by atoms with Crippen LogP contribution in [-0.2, 0) is 0 Å². The first-order chi connectivity index (χ1) is 8.08. The molecule has 1 aliphatic rings. The van der Waals surface area contributed by atoms with Crippen LogP contribution in [0.15, 0.2) is 0 Å². The average molecular weight is 240 g/mol. The highest BCUT2D eigenvalue weighted by atomic mass is 15.1. The number of hydrogen-bond acceptors (Lipinski definition) is 2. The molecule has 2 nitrogen and oxygen atoms in total. The van der Waals surface area contributed by atoms with E-state index in [1.807, 2.05) is 0 Å². The van der Waals surface area contributed by atoms with E-state index in [-0.39, 0.29) is 0 Å². The van der Waals surface area contributed by atoms with Gasteiger partial charge in [-0.05, 0) is 57.2 Å². The van der Waals surface area contributed by atoms with Gasteiger partial charge in [0.1, 0.15) is 0 Å². The van der Waals surface area contributed by atoms with Crippen LogP contribution in [0.1, 0.15) is 47.0 Å². The zero-order valence-electron chi connectivity index (χ0n) is 12.5. The Kier molecular flexibility index (Phi) is 6.50. The molecule has 0 bridgehead atoms. The molecule has 2 heteroatoms. The van der Waals surface area contributed by atoms with E-state index < -0.39 is 0 Å². The van der Waals surface area contributed by atoms with E-state index in [4.69, 9.17) is 0 Å². The molecule has 0 saturated heterocycles. The van der Waals surface area contributed by atoms with Crippen molar-refractivity contribution < 1.29 is 0 Å². The van der Waals surface area contributed by atoms with Gasteiger partial charge in [-0.1, -0.05) is 27.7 Å². The van der Waals surface area contributed by atoms with Gasteiger partial charge in [0.05, 0.1) is 0 Å². The molecule has 1 N–H and O–H groups in total. The molecule has 0 aromatic rings. The van der Waals surface area contributed by atoms with Crippen molar-refractivity contribution in [2.45, 2.75) is 53.0 Å².